The van der Waals surface area contributed by atoms with Crippen molar-refractivity contribution in [2.24, 2.45) is 0 Å². The number of fused-ring (bicyclic) bond motifs is 1. The summed E-state index contributed by atoms with van der Waals surface area (Å²) < 4.78 is 25.7. The highest BCUT2D eigenvalue weighted by molar-refractivity contribution is 8.00. The molecule has 6 nitrogen and oxygen atoms in total. The lowest BCUT2D eigenvalue weighted by atomic mass is 10.2. The Bertz CT molecular complexity index is 1210. The Labute approximate surface area is 198 Å². The number of aromatic nitrogens is 3. The first kappa shape index (κ1) is 22.6. The first-order valence-electron chi connectivity index (χ1n) is 9.78. The van der Waals surface area contributed by atoms with Crippen LogP contribution < -0.4 is 14.8 Å². The van der Waals surface area contributed by atoms with Gasteiger partial charge in [0, 0.05) is 23.1 Å². The quantitative estimate of drug-likeness (QED) is 0.159. The lowest BCUT2D eigenvalue weighted by molar-refractivity contribution is 0.295. The average Bonchev–Trinajstić information content (AvgIpc) is 3.25. The molecule has 2 aromatic heterocycles. The zero-order valence-corrected chi connectivity index (χ0v) is 19.6. The summed E-state index contributed by atoms with van der Waals surface area (Å²) in [6, 6.07) is 10.3. The van der Waals surface area contributed by atoms with E-state index in [9.17, 15) is 4.39 Å². The zero-order chi connectivity index (χ0) is 22.3. The van der Waals surface area contributed by atoms with Crippen LogP contribution in [-0.2, 0) is 5.75 Å². The molecule has 0 fully saturated rings. The van der Waals surface area contributed by atoms with Gasteiger partial charge in [-0.2, -0.15) is 0 Å². The summed E-state index contributed by atoms with van der Waals surface area (Å²) in [4.78, 5) is 13.2. The fourth-order valence-corrected chi connectivity index (χ4v) is 4.86. The number of hydrogen-bond donors (Lipinski definition) is 1. The van der Waals surface area contributed by atoms with Crippen LogP contribution in [0.4, 0.5) is 15.3 Å². The maximum atomic E-state index is 13.4. The number of anilines is 2. The van der Waals surface area contributed by atoms with Gasteiger partial charge in [0.2, 0.25) is 0 Å². The van der Waals surface area contributed by atoms with Crippen LogP contribution in [0.2, 0.25) is 0 Å². The standard InChI is InChI=1S/C22H20ClFN4O2S2/c1-29-18-9-16-17(10-19(18)30-7-3-6-23)26-13-27-21(16)28-22-25-11-20(32-22)31-12-14-4-2-5-15(24)8-14/h2,4-5,8-11,13H,3,6-7,12H2,1H3,(H,25,26,27,28). The molecule has 0 saturated carbocycles. The largest absolute Gasteiger partial charge is 0.493 e. The third-order valence-corrected chi connectivity index (χ3v) is 6.88. The number of alkyl halides is 1. The molecule has 0 atom stereocenters. The van der Waals surface area contributed by atoms with E-state index in [1.54, 1.807) is 37.2 Å². The minimum atomic E-state index is -0.228. The monoisotopic (exact) mass is 490 g/mol. The number of nitrogens with one attached hydrogen (secondary N) is 1. The van der Waals surface area contributed by atoms with Crippen LogP contribution in [-0.4, -0.2) is 34.5 Å². The first-order valence-corrected chi connectivity index (χ1v) is 12.1. The molecule has 0 radical (unpaired) electrons. The van der Waals surface area contributed by atoms with Crippen molar-refractivity contribution in [2.45, 2.75) is 16.4 Å². The summed E-state index contributed by atoms with van der Waals surface area (Å²) in [7, 11) is 1.59. The Kier molecular flexibility index (Phi) is 7.62. The van der Waals surface area contributed by atoms with Crippen LogP contribution >= 0.6 is 34.7 Å². The Balaban J connectivity index is 1.50. The molecule has 10 heteroatoms. The predicted octanol–water partition coefficient (Wildman–Crippen LogP) is 6.28. The van der Waals surface area contributed by atoms with E-state index < -0.39 is 0 Å². The number of hydrogen-bond acceptors (Lipinski definition) is 8. The van der Waals surface area contributed by atoms with Gasteiger partial charge in [-0.1, -0.05) is 23.5 Å². The normalized spacial score (nSPS) is 11.0. The fourth-order valence-electron chi connectivity index (χ4n) is 2.94. The molecule has 0 amide bonds. The molecule has 0 aliphatic rings. The van der Waals surface area contributed by atoms with E-state index in [2.05, 4.69) is 20.3 Å². The second kappa shape index (κ2) is 10.8. The number of halogens is 2. The lowest BCUT2D eigenvalue weighted by Gasteiger charge is -2.13. The zero-order valence-electron chi connectivity index (χ0n) is 17.2. The van der Waals surface area contributed by atoms with Crippen molar-refractivity contribution < 1.29 is 13.9 Å². The summed E-state index contributed by atoms with van der Waals surface area (Å²) in [5, 5.41) is 4.76. The predicted molar refractivity (Wildman–Crippen MR) is 128 cm³/mol. The average molecular weight is 491 g/mol. The fraction of sp³-hybridized carbons (Fsp3) is 0.227. The molecule has 4 rings (SSSR count). The first-order chi connectivity index (χ1) is 15.7. The number of rotatable bonds is 10. The van der Waals surface area contributed by atoms with Crippen LogP contribution in [0.5, 0.6) is 11.5 Å². The van der Waals surface area contributed by atoms with Crippen molar-refractivity contribution in [1.82, 2.24) is 15.0 Å². The van der Waals surface area contributed by atoms with Gasteiger partial charge in [0.05, 0.1) is 29.6 Å². The van der Waals surface area contributed by atoms with Gasteiger partial charge in [-0.05, 0) is 30.2 Å². The van der Waals surface area contributed by atoms with Crippen LogP contribution in [0.1, 0.15) is 12.0 Å². The minimum Gasteiger partial charge on any atom is -0.493 e. The van der Waals surface area contributed by atoms with Gasteiger partial charge in [0.15, 0.2) is 16.6 Å². The smallest absolute Gasteiger partial charge is 0.189 e. The van der Waals surface area contributed by atoms with E-state index in [-0.39, 0.29) is 5.82 Å². The topological polar surface area (TPSA) is 69.2 Å². The van der Waals surface area contributed by atoms with Crippen molar-refractivity contribution >= 4 is 56.6 Å². The molecule has 4 aromatic rings. The number of ether oxygens (including phenoxy) is 2. The molecule has 2 heterocycles. The van der Waals surface area contributed by atoms with Gasteiger partial charge in [-0.15, -0.1) is 23.4 Å². The van der Waals surface area contributed by atoms with Crippen LogP contribution in [0.3, 0.4) is 0 Å². The second-order valence-corrected chi connectivity index (χ2v) is 9.35. The molecule has 1 N–H and O–H groups in total. The highest BCUT2D eigenvalue weighted by atomic mass is 35.5. The Hall–Kier alpha value is -2.62. The van der Waals surface area contributed by atoms with Crippen molar-refractivity contribution in [3.63, 3.8) is 0 Å². The van der Waals surface area contributed by atoms with Crippen molar-refractivity contribution in [2.75, 3.05) is 24.9 Å². The van der Waals surface area contributed by atoms with Crippen LogP contribution in [0.25, 0.3) is 10.9 Å². The number of thiazole rings is 1. The van der Waals surface area contributed by atoms with E-state index in [1.807, 2.05) is 18.2 Å². The molecule has 32 heavy (non-hydrogen) atoms. The van der Waals surface area contributed by atoms with Gasteiger partial charge in [-0.25, -0.2) is 19.3 Å². The summed E-state index contributed by atoms with van der Waals surface area (Å²) in [5.74, 6) is 2.79. The van der Waals surface area contributed by atoms with Crippen molar-refractivity contribution in [1.29, 1.82) is 0 Å². The molecule has 0 saturated heterocycles. The van der Waals surface area contributed by atoms with Crippen molar-refractivity contribution in [3.8, 4) is 11.5 Å². The third-order valence-electron chi connectivity index (χ3n) is 4.44. The lowest BCUT2D eigenvalue weighted by Crippen LogP contribution is -2.01. The summed E-state index contributed by atoms with van der Waals surface area (Å²) >= 11 is 8.84. The Morgan fingerprint density at radius 1 is 1.16 bits per heavy atom. The molecular formula is C22H20ClFN4O2S2. The SMILES string of the molecule is COc1cc2c(Nc3ncc(SCc4cccc(F)c4)s3)ncnc2cc1OCCCCl. The van der Waals surface area contributed by atoms with Gasteiger partial charge in [0.1, 0.15) is 18.0 Å². The number of benzene rings is 2. The maximum Gasteiger partial charge on any atom is 0.189 e. The molecule has 0 spiro atoms. The molecular weight excluding hydrogens is 471 g/mol. The van der Waals surface area contributed by atoms with Crippen molar-refractivity contribution in [3.05, 3.63) is 60.3 Å². The van der Waals surface area contributed by atoms with Crippen LogP contribution in [0.15, 0.2) is 53.1 Å². The van der Waals surface area contributed by atoms with Crippen LogP contribution in [0, 0.1) is 5.82 Å². The number of nitrogens with zero attached hydrogens (tertiary/aromatic N) is 3. The van der Waals surface area contributed by atoms with Gasteiger partial charge >= 0.3 is 0 Å². The highest BCUT2D eigenvalue weighted by Gasteiger charge is 2.13. The van der Waals surface area contributed by atoms with E-state index in [0.717, 1.165) is 27.1 Å². The molecule has 2 aromatic carbocycles. The Morgan fingerprint density at radius 3 is 2.88 bits per heavy atom. The second-order valence-electron chi connectivity index (χ2n) is 6.66. The molecule has 0 aliphatic heterocycles. The minimum absolute atomic E-state index is 0.228. The van der Waals surface area contributed by atoms with E-state index in [0.29, 0.717) is 40.7 Å². The molecule has 0 bridgehead atoms. The molecule has 166 valence electrons. The molecule has 0 unspecified atom stereocenters. The van der Waals surface area contributed by atoms with E-state index in [1.165, 1.54) is 23.7 Å². The van der Waals surface area contributed by atoms with Gasteiger partial charge in [-0.3, -0.25) is 0 Å². The van der Waals surface area contributed by atoms with E-state index >= 15 is 0 Å². The van der Waals surface area contributed by atoms with E-state index in [4.69, 9.17) is 21.1 Å². The maximum absolute atomic E-state index is 13.4. The third kappa shape index (κ3) is 5.59. The number of methoxy groups -OCH3 is 1. The summed E-state index contributed by atoms with van der Waals surface area (Å²) in [5.41, 5.74) is 1.65. The van der Waals surface area contributed by atoms with Gasteiger partial charge in [0.25, 0.3) is 0 Å². The highest BCUT2D eigenvalue weighted by Crippen LogP contribution is 2.36. The number of thioether (sulfide) groups is 1. The molecule has 0 aliphatic carbocycles. The summed E-state index contributed by atoms with van der Waals surface area (Å²) in [6.45, 7) is 0.497. The summed E-state index contributed by atoms with van der Waals surface area (Å²) in [6.07, 6.45) is 4.03. The van der Waals surface area contributed by atoms with Gasteiger partial charge < -0.3 is 14.8 Å². The Morgan fingerprint density at radius 2 is 2.06 bits per heavy atom.